The molecule has 124 valence electrons. The molecule has 23 heavy (non-hydrogen) atoms. The summed E-state index contributed by atoms with van der Waals surface area (Å²) in [5.74, 6) is 0.542. The minimum absolute atomic E-state index is 0.196. The second kappa shape index (κ2) is 7.96. The molecule has 4 nitrogen and oxygen atoms in total. The van der Waals surface area contributed by atoms with Gasteiger partial charge in [-0.3, -0.25) is 0 Å². The van der Waals surface area contributed by atoms with Crippen LogP contribution in [0.4, 0.5) is 13.2 Å². The van der Waals surface area contributed by atoms with Crippen molar-refractivity contribution < 1.29 is 13.2 Å². The Balaban J connectivity index is 1.95. The number of rotatable bonds is 5. The van der Waals surface area contributed by atoms with E-state index < -0.39 is 11.9 Å². The molecule has 2 N–H and O–H groups in total. The molecule has 0 aliphatic heterocycles. The zero-order chi connectivity index (χ0) is 16.7. The molecular formula is C15H17F3N4S. The summed E-state index contributed by atoms with van der Waals surface area (Å²) in [6, 6.07) is 9.71. The van der Waals surface area contributed by atoms with Crippen LogP contribution in [0.1, 0.15) is 23.2 Å². The Hall–Kier alpha value is -2.09. The maximum absolute atomic E-state index is 12.5. The summed E-state index contributed by atoms with van der Waals surface area (Å²) in [6.45, 7) is 3.26. The van der Waals surface area contributed by atoms with E-state index in [0.717, 1.165) is 22.3 Å². The fraction of sp³-hybridized carbons (Fsp3) is 0.333. The molecule has 0 unspecified atom stereocenters. The molecule has 0 radical (unpaired) electrons. The molecule has 1 aromatic carbocycles. The molecule has 0 saturated heterocycles. The van der Waals surface area contributed by atoms with E-state index in [1.165, 1.54) is 0 Å². The van der Waals surface area contributed by atoms with Crippen molar-refractivity contribution >= 4 is 17.3 Å². The summed E-state index contributed by atoms with van der Waals surface area (Å²) in [5.41, 5.74) is 0.198. The Morgan fingerprint density at radius 3 is 2.57 bits per heavy atom. The summed E-state index contributed by atoms with van der Waals surface area (Å²) in [7, 11) is 0. The number of nitrogens with one attached hydrogen (secondary N) is 2. The maximum atomic E-state index is 12.5. The molecule has 0 fully saturated rings. The number of hydrogen-bond donors (Lipinski definition) is 2. The lowest BCUT2D eigenvalue weighted by Crippen LogP contribution is -2.36. The number of benzene rings is 1. The van der Waals surface area contributed by atoms with Gasteiger partial charge in [-0.05, 0) is 12.5 Å². The molecule has 0 amide bonds. The van der Waals surface area contributed by atoms with E-state index in [-0.39, 0.29) is 6.54 Å². The lowest BCUT2D eigenvalue weighted by Gasteiger charge is -2.10. The van der Waals surface area contributed by atoms with Crippen molar-refractivity contribution in [3.8, 4) is 0 Å². The first kappa shape index (κ1) is 17.3. The minimum Gasteiger partial charge on any atom is -0.357 e. The number of thiazole rings is 1. The molecule has 1 aromatic heterocycles. The Morgan fingerprint density at radius 1 is 1.22 bits per heavy atom. The van der Waals surface area contributed by atoms with Gasteiger partial charge >= 0.3 is 6.18 Å². The SMILES string of the molecule is CCNC(=NCc1ccccc1)NCc1nc(C(F)(F)F)cs1. The topological polar surface area (TPSA) is 49.3 Å². The van der Waals surface area contributed by atoms with Crippen LogP contribution in [-0.2, 0) is 19.3 Å². The van der Waals surface area contributed by atoms with Crippen LogP contribution in [0.25, 0.3) is 0 Å². The van der Waals surface area contributed by atoms with E-state index >= 15 is 0 Å². The molecule has 8 heteroatoms. The molecule has 0 aliphatic carbocycles. The lowest BCUT2D eigenvalue weighted by molar-refractivity contribution is -0.140. The number of nitrogens with zero attached hydrogens (tertiary/aromatic N) is 2. The fourth-order valence-corrected chi connectivity index (χ4v) is 2.52. The van der Waals surface area contributed by atoms with Crippen LogP contribution < -0.4 is 10.6 Å². The van der Waals surface area contributed by atoms with E-state index in [0.29, 0.717) is 24.1 Å². The van der Waals surface area contributed by atoms with Crippen molar-refractivity contribution in [1.29, 1.82) is 0 Å². The van der Waals surface area contributed by atoms with E-state index in [4.69, 9.17) is 0 Å². The first-order valence-electron chi connectivity index (χ1n) is 7.06. The normalized spacial score (nSPS) is 12.3. The summed E-state index contributed by atoms with van der Waals surface area (Å²) in [6.07, 6.45) is -4.40. The van der Waals surface area contributed by atoms with Gasteiger partial charge in [0.15, 0.2) is 11.7 Å². The predicted octanol–water partition coefficient (Wildman–Crippen LogP) is 3.42. The van der Waals surface area contributed by atoms with Crippen LogP contribution in [0.5, 0.6) is 0 Å². The van der Waals surface area contributed by atoms with Gasteiger partial charge in [-0.15, -0.1) is 11.3 Å². The van der Waals surface area contributed by atoms with Crippen LogP contribution in [0, 0.1) is 0 Å². The third-order valence-corrected chi connectivity index (χ3v) is 3.70. The molecule has 2 rings (SSSR count). The second-order valence-corrected chi connectivity index (χ2v) is 5.60. The van der Waals surface area contributed by atoms with Gasteiger partial charge in [0, 0.05) is 11.9 Å². The van der Waals surface area contributed by atoms with Crippen molar-refractivity contribution in [2.75, 3.05) is 6.54 Å². The van der Waals surface area contributed by atoms with Gasteiger partial charge < -0.3 is 10.6 Å². The molecule has 1 heterocycles. The number of aliphatic imine (C=N–C) groups is 1. The molecular weight excluding hydrogens is 325 g/mol. The number of aromatic nitrogens is 1. The fourth-order valence-electron chi connectivity index (χ4n) is 1.78. The smallest absolute Gasteiger partial charge is 0.357 e. The molecule has 2 aromatic rings. The highest BCUT2D eigenvalue weighted by Gasteiger charge is 2.33. The molecule has 0 atom stereocenters. The highest BCUT2D eigenvalue weighted by Crippen LogP contribution is 2.29. The van der Waals surface area contributed by atoms with Crippen molar-refractivity contribution in [1.82, 2.24) is 15.6 Å². The summed E-state index contributed by atoms with van der Waals surface area (Å²) < 4.78 is 37.6. The molecule has 0 aliphatic rings. The lowest BCUT2D eigenvalue weighted by atomic mass is 10.2. The Kier molecular flexibility index (Phi) is 5.97. The third-order valence-electron chi connectivity index (χ3n) is 2.86. The van der Waals surface area contributed by atoms with Crippen LogP contribution in [0.3, 0.4) is 0 Å². The van der Waals surface area contributed by atoms with Crippen molar-refractivity contribution in [2.24, 2.45) is 4.99 Å². The zero-order valence-corrected chi connectivity index (χ0v) is 13.3. The quantitative estimate of drug-likeness (QED) is 0.647. The first-order valence-corrected chi connectivity index (χ1v) is 7.94. The highest BCUT2D eigenvalue weighted by atomic mass is 32.1. The van der Waals surface area contributed by atoms with E-state index in [1.54, 1.807) is 0 Å². The standard InChI is InChI=1S/C15H17F3N4S/c1-2-19-14(20-8-11-6-4-3-5-7-11)21-9-13-22-12(10-23-13)15(16,17)18/h3-7,10H,2,8-9H2,1H3,(H2,19,20,21). The van der Waals surface area contributed by atoms with Crippen molar-refractivity contribution in [2.45, 2.75) is 26.2 Å². The second-order valence-electron chi connectivity index (χ2n) is 4.66. The monoisotopic (exact) mass is 342 g/mol. The number of hydrogen-bond acceptors (Lipinski definition) is 3. The average Bonchev–Trinajstić information content (AvgIpc) is 3.00. The summed E-state index contributed by atoms with van der Waals surface area (Å²) in [5, 5.41) is 7.43. The number of guanidine groups is 1. The van der Waals surface area contributed by atoms with E-state index in [2.05, 4.69) is 20.6 Å². The summed E-state index contributed by atoms with van der Waals surface area (Å²) >= 11 is 0.975. The Bertz CT molecular complexity index is 638. The molecule has 0 spiro atoms. The van der Waals surface area contributed by atoms with Gasteiger partial charge in [-0.1, -0.05) is 30.3 Å². The van der Waals surface area contributed by atoms with Crippen molar-refractivity contribution in [3.05, 3.63) is 52.0 Å². The number of alkyl halides is 3. The largest absolute Gasteiger partial charge is 0.434 e. The van der Waals surface area contributed by atoms with Crippen LogP contribution >= 0.6 is 11.3 Å². The van der Waals surface area contributed by atoms with Gasteiger partial charge in [0.2, 0.25) is 0 Å². The number of halogens is 3. The molecule has 0 saturated carbocycles. The average molecular weight is 342 g/mol. The van der Waals surface area contributed by atoms with Crippen LogP contribution in [0.15, 0.2) is 40.7 Å². The van der Waals surface area contributed by atoms with Gasteiger partial charge in [0.05, 0.1) is 13.1 Å². The molecule has 0 bridgehead atoms. The van der Waals surface area contributed by atoms with Gasteiger partial charge in [0.25, 0.3) is 0 Å². The van der Waals surface area contributed by atoms with Crippen molar-refractivity contribution in [3.63, 3.8) is 0 Å². The van der Waals surface area contributed by atoms with Gasteiger partial charge in [-0.2, -0.15) is 13.2 Å². The maximum Gasteiger partial charge on any atom is 0.434 e. The third kappa shape index (κ3) is 5.55. The van der Waals surface area contributed by atoms with E-state index in [1.807, 2.05) is 37.3 Å². The summed E-state index contributed by atoms with van der Waals surface area (Å²) in [4.78, 5) is 7.98. The predicted molar refractivity (Wildman–Crippen MR) is 85.2 cm³/mol. The first-order chi connectivity index (χ1) is 11.0. The zero-order valence-electron chi connectivity index (χ0n) is 12.5. The van der Waals surface area contributed by atoms with Gasteiger partial charge in [-0.25, -0.2) is 9.98 Å². The van der Waals surface area contributed by atoms with Crippen LogP contribution in [0.2, 0.25) is 0 Å². The van der Waals surface area contributed by atoms with E-state index in [9.17, 15) is 13.2 Å². The Labute approximate surface area is 136 Å². The van der Waals surface area contributed by atoms with Gasteiger partial charge in [0.1, 0.15) is 5.01 Å². The highest BCUT2D eigenvalue weighted by molar-refractivity contribution is 7.09. The minimum atomic E-state index is -4.40. The van der Waals surface area contributed by atoms with Crippen LogP contribution in [-0.4, -0.2) is 17.5 Å². The Morgan fingerprint density at radius 2 is 1.96 bits per heavy atom.